The molecule has 2 aliphatic carbocycles. The van der Waals surface area contributed by atoms with Crippen molar-refractivity contribution in [1.29, 1.82) is 0 Å². The van der Waals surface area contributed by atoms with Gasteiger partial charge in [-0.1, -0.05) is 105 Å². The van der Waals surface area contributed by atoms with E-state index in [4.69, 9.17) is 0 Å². The molecule has 2 aliphatic rings. The highest BCUT2D eigenvalue weighted by Crippen LogP contribution is 2.46. The minimum Gasteiger partial charge on any atom is -0.0654 e. The molecule has 4 rings (SSSR count). The lowest BCUT2D eigenvalue weighted by Gasteiger charge is -2.36. The number of rotatable bonds is 5. The summed E-state index contributed by atoms with van der Waals surface area (Å²) in [5.74, 6) is 0. The van der Waals surface area contributed by atoms with Crippen LogP contribution >= 0.6 is 0 Å². The van der Waals surface area contributed by atoms with Gasteiger partial charge >= 0.3 is 0 Å². The van der Waals surface area contributed by atoms with Gasteiger partial charge in [0.15, 0.2) is 0 Å². The number of aryl methyl sites for hydroxylation is 2. The van der Waals surface area contributed by atoms with Gasteiger partial charge in [0.2, 0.25) is 0 Å². The molecule has 2 aromatic carbocycles. The first kappa shape index (κ1) is 20.5. The first-order valence-corrected chi connectivity index (χ1v) is 12.0. The molecular formula is C29H38. The molecule has 0 atom stereocenters. The zero-order chi connectivity index (χ0) is 20.3. The molecule has 0 aliphatic heterocycles. The quantitative estimate of drug-likeness (QED) is 0.481. The molecule has 2 aromatic rings. The fraction of sp³-hybridized carbons (Fsp3) is 0.517. The summed E-state index contributed by atoms with van der Waals surface area (Å²) in [5, 5.41) is 0. The van der Waals surface area contributed by atoms with Gasteiger partial charge in [-0.2, -0.15) is 0 Å². The van der Waals surface area contributed by atoms with Crippen molar-refractivity contribution >= 4 is 6.08 Å². The van der Waals surface area contributed by atoms with Crippen LogP contribution in [0.4, 0.5) is 0 Å². The molecule has 0 radical (unpaired) electrons. The average Bonchev–Trinajstić information content (AvgIpc) is 3.06. The molecular weight excluding hydrogens is 348 g/mol. The van der Waals surface area contributed by atoms with Gasteiger partial charge in [-0.15, -0.1) is 0 Å². The summed E-state index contributed by atoms with van der Waals surface area (Å²) in [6.07, 6.45) is 17.9. The van der Waals surface area contributed by atoms with Crippen molar-refractivity contribution in [3.63, 3.8) is 0 Å². The molecule has 1 fully saturated rings. The Morgan fingerprint density at radius 2 is 1.55 bits per heavy atom. The van der Waals surface area contributed by atoms with E-state index in [0.717, 1.165) is 0 Å². The van der Waals surface area contributed by atoms with Crippen LogP contribution in [0.5, 0.6) is 0 Å². The van der Waals surface area contributed by atoms with Crippen molar-refractivity contribution < 1.29 is 0 Å². The monoisotopic (exact) mass is 386 g/mol. The fourth-order valence-electron chi connectivity index (χ4n) is 6.12. The second-order valence-electron chi connectivity index (χ2n) is 9.93. The Kier molecular flexibility index (Phi) is 6.28. The van der Waals surface area contributed by atoms with Gasteiger partial charge in [-0.05, 0) is 73.6 Å². The molecule has 1 saturated carbocycles. The predicted molar refractivity (Wildman–Crippen MR) is 127 cm³/mol. The molecule has 0 N–H and O–H groups in total. The molecule has 0 heterocycles. The Labute approximate surface area is 178 Å². The molecule has 0 unspecified atom stereocenters. The maximum Gasteiger partial charge on any atom is -0.00574 e. The van der Waals surface area contributed by atoms with Crippen LogP contribution in [0.1, 0.15) is 93.4 Å². The van der Waals surface area contributed by atoms with Gasteiger partial charge in [-0.25, -0.2) is 0 Å². The standard InChI is InChI=1S/C29H38/c1-4-13-29(14-8-6-5-7-9-15-29)21-24-19-25-11-10-12-27(28(25)20-24)26-17-22(2)16-23(3)18-26/h10-12,16-18,20H,4-9,13-15,19,21H2,1-3H3. The Morgan fingerprint density at radius 1 is 0.862 bits per heavy atom. The van der Waals surface area contributed by atoms with E-state index in [1.165, 1.54) is 104 Å². The van der Waals surface area contributed by atoms with Gasteiger partial charge in [0.1, 0.15) is 0 Å². The first-order valence-electron chi connectivity index (χ1n) is 12.0. The third-order valence-electron chi connectivity index (χ3n) is 7.29. The van der Waals surface area contributed by atoms with Crippen molar-refractivity contribution in [2.75, 3.05) is 0 Å². The van der Waals surface area contributed by atoms with E-state index in [9.17, 15) is 0 Å². The molecule has 0 amide bonds. The van der Waals surface area contributed by atoms with Gasteiger partial charge in [-0.3, -0.25) is 0 Å². The van der Waals surface area contributed by atoms with Crippen LogP contribution in [0.15, 0.2) is 42.0 Å². The van der Waals surface area contributed by atoms with Gasteiger partial charge in [0.05, 0.1) is 0 Å². The summed E-state index contributed by atoms with van der Waals surface area (Å²) in [7, 11) is 0. The lowest BCUT2D eigenvalue weighted by Crippen LogP contribution is -2.23. The Balaban J connectivity index is 1.63. The van der Waals surface area contributed by atoms with Crippen molar-refractivity contribution in [3.05, 3.63) is 64.2 Å². The summed E-state index contributed by atoms with van der Waals surface area (Å²) in [5.41, 5.74) is 10.8. The van der Waals surface area contributed by atoms with Crippen LogP contribution in [0.3, 0.4) is 0 Å². The first-order chi connectivity index (χ1) is 14.1. The lowest BCUT2D eigenvalue weighted by atomic mass is 9.69. The number of benzene rings is 2. The predicted octanol–water partition coefficient (Wildman–Crippen LogP) is 8.83. The van der Waals surface area contributed by atoms with Crippen LogP contribution in [-0.2, 0) is 6.42 Å². The minimum atomic E-state index is 0.559. The third-order valence-corrected chi connectivity index (χ3v) is 7.29. The number of fused-ring (bicyclic) bond motifs is 1. The zero-order valence-electron chi connectivity index (χ0n) is 18.8. The smallest absolute Gasteiger partial charge is 0.00574 e. The van der Waals surface area contributed by atoms with Crippen LogP contribution in [0, 0.1) is 19.3 Å². The molecule has 0 saturated heterocycles. The van der Waals surface area contributed by atoms with E-state index in [1.807, 2.05) is 0 Å². The maximum absolute atomic E-state index is 2.57. The van der Waals surface area contributed by atoms with E-state index in [-0.39, 0.29) is 0 Å². The maximum atomic E-state index is 2.57. The molecule has 0 aromatic heterocycles. The lowest BCUT2D eigenvalue weighted by molar-refractivity contribution is 0.187. The second-order valence-corrected chi connectivity index (χ2v) is 9.93. The summed E-state index contributed by atoms with van der Waals surface area (Å²) >= 11 is 0. The van der Waals surface area contributed by atoms with E-state index in [1.54, 1.807) is 5.57 Å². The number of hydrogen-bond donors (Lipinski definition) is 0. The van der Waals surface area contributed by atoms with Crippen molar-refractivity contribution in [1.82, 2.24) is 0 Å². The third kappa shape index (κ3) is 4.68. The van der Waals surface area contributed by atoms with Gasteiger partial charge in [0, 0.05) is 0 Å². The van der Waals surface area contributed by atoms with Gasteiger partial charge < -0.3 is 0 Å². The van der Waals surface area contributed by atoms with Crippen LogP contribution in [0.2, 0.25) is 0 Å². The van der Waals surface area contributed by atoms with E-state index < -0.39 is 0 Å². The number of allylic oxidation sites excluding steroid dienone is 1. The highest BCUT2D eigenvalue weighted by atomic mass is 14.4. The van der Waals surface area contributed by atoms with E-state index in [2.05, 4.69) is 63.2 Å². The summed E-state index contributed by atoms with van der Waals surface area (Å²) in [6.45, 7) is 6.81. The summed E-state index contributed by atoms with van der Waals surface area (Å²) in [6, 6.07) is 13.9. The van der Waals surface area contributed by atoms with E-state index >= 15 is 0 Å². The van der Waals surface area contributed by atoms with E-state index in [0.29, 0.717) is 5.41 Å². The topological polar surface area (TPSA) is 0 Å². The van der Waals surface area contributed by atoms with Gasteiger partial charge in [0.25, 0.3) is 0 Å². The largest absolute Gasteiger partial charge is 0.0654 e. The molecule has 0 heteroatoms. The average molecular weight is 387 g/mol. The second kappa shape index (κ2) is 8.90. The Bertz CT molecular complexity index is 855. The molecule has 29 heavy (non-hydrogen) atoms. The minimum absolute atomic E-state index is 0.559. The highest BCUT2D eigenvalue weighted by Gasteiger charge is 2.31. The SMILES string of the molecule is CCCC1(CC2=Cc3c(cccc3-c3cc(C)cc(C)c3)C2)CCCCCCC1. The summed E-state index contributed by atoms with van der Waals surface area (Å²) in [4.78, 5) is 0. The Hall–Kier alpha value is -1.82. The van der Waals surface area contributed by atoms with Crippen LogP contribution in [-0.4, -0.2) is 0 Å². The Morgan fingerprint density at radius 3 is 2.24 bits per heavy atom. The van der Waals surface area contributed by atoms with Crippen molar-refractivity contribution in [2.45, 2.75) is 91.4 Å². The van der Waals surface area contributed by atoms with Crippen molar-refractivity contribution in [3.8, 4) is 11.1 Å². The molecule has 154 valence electrons. The van der Waals surface area contributed by atoms with Crippen molar-refractivity contribution in [2.24, 2.45) is 5.41 Å². The number of hydrogen-bond acceptors (Lipinski definition) is 0. The molecule has 0 spiro atoms. The van der Waals surface area contributed by atoms with Crippen LogP contribution in [0.25, 0.3) is 17.2 Å². The zero-order valence-corrected chi connectivity index (χ0v) is 18.8. The molecule has 0 nitrogen and oxygen atoms in total. The fourth-order valence-corrected chi connectivity index (χ4v) is 6.12. The normalized spacial score (nSPS) is 18.7. The summed E-state index contributed by atoms with van der Waals surface area (Å²) < 4.78 is 0. The van der Waals surface area contributed by atoms with Crippen LogP contribution < -0.4 is 0 Å². The highest BCUT2D eigenvalue weighted by molar-refractivity contribution is 5.81. The molecule has 0 bridgehead atoms.